The minimum absolute atomic E-state index is 0.287. The Morgan fingerprint density at radius 3 is 2.96 bits per heavy atom. The molecule has 0 aliphatic carbocycles. The highest BCUT2D eigenvalue weighted by Crippen LogP contribution is 2.33. The first-order valence-electron chi connectivity index (χ1n) is 8.82. The van der Waals surface area contributed by atoms with Crippen molar-refractivity contribution < 1.29 is 4.74 Å². The van der Waals surface area contributed by atoms with E-state index in [4.69, 9.17) is 16.3 Å². The Morgan fingerprint density at radius 2 is 2.19 bits per heavy atom. The van der Waals surface area contributed by atoms with E-state index in [1.807, 2.05) is 37.3 Å². The van der Waals surface area contributed by atoms with Gasteiger partial charge in [0.2, 0.25) is 5.13 Å². The second-order valence-electron chi connectivity index (χ2n) is 6.28. The van der Waals surface area contributed by atoms with Gasteiger partial charge in [-0.2, -0.15) is 5.10 Å². The third-order valence-electron chi connectivity index (χ3n) is 4.37. The normalized spacial score (nSPS) is 16.7. The van der Waals surface area contributed by atoms with Crippen molar-refractivity contribution in [3.05, 3.63) is 46.7 Å². The van der Waals surface area contributed by atoms with E-state index in [9.17, 15) is 0 Å². The summed E-state index contributed by atoms with van der Waals surface area (Å²) in [6, 6.07) is 9.91. The Kier molecular flexibility index (Phi) is 5.97. The van der Waals surface area contributed by atoms with E-state index in [0.717, 1.165) is 52.4 Å². The highest BCUT2D eigenvalue weighted by Gasteiger charge is 2.17. The monoisotopic (exact) mass is 421 g/mol. The molecule has 1 N–H and O–H groups in total. The lowest BCUT2D eigenvalue weighted by molar-refractivity contribution is 0.120. The van der Waals surface area contributed by atoms with Crippen LogP contribution in [-0.4, -0.2) is 39.2 Å². The molecule has 1 atom stereocenters. The molecule has 1 aromatic carbocycles. The van der Waals surface area contributed by atoms with E-state index in [1.54, 1.807) is 27.8 Å². The molecule has 1 aliphatic rings. The molecule has 1 fully saturated rings. The predicted octanol–water partition coefficient (Wildman–Crippen LogP) is 4.57. The second kappa shape index (κ2) is 8.60. The van der Waals surface area contributed by atoms with Crippen molar-refractivity contribution in [2.75, 3.05) is 18.5 Å². The van der Waals surface area contributed by atoms with Gasteiger partial charge in [-0.05, 0) is 31.9 Å². The SMILES string of the molecule is Cc1nn(-c2ccccc2)c(Cl)c1CSc1nnc(NC[C@@H]2CCCO2)s1. The number of nitrogens with one attached hydrogen (secondary N) is 1. The summed E-state index contributed by atoms with van der Waals surface area (Å²) in [6.45, 7) is 3.63. The summed E-state index contributed by atoms with van der Waals surface area (Å²) in [5, 5.41) is 17.8. The Balaban J connectivity index is 1.38. The highest BCUT2D eigenvalue weighted by atomic mass is 35.5. The van der Waals surface area contributed by atoms with Crippen molar-refractivity contribution in [1.82, 2.24) is 20.0 Å². The molecule has 0 bridgehead atoms. The number of aromatic nitrogens is 4. The molecule has 0 saturated carbocycles. The van der Waals surface area contributed by atoms with Crippen molar-refractivity contribution in [2.45, 2.75) is 36.0 Å². The van der Waals surface area contributed by atoms with Gasteiger partial charge in [0, 0.05) is 24.5 Å². The number of aryl methyl sites for hydroxylation is 1. The number of rotatable bonds is 7. The first-order valence-corrected chi connectivity index (χ1v) is 11.0. The molecule has 4 rings (SSSR count). The zero-order valence-corrected chi connectivity index (χ0v) is 17.3. The summed E-state index contributed by atoms with van der Waals surface area (Å²) in [7, 11) is 0. The van der Waals surface area contributed by atoms with Crippen LogP contribution >= 0.6 is 34.7 Å². The molecule has 6 nitrogen and oxygen atoms in total. The van der Waals surface area contributed by atoms with Gasteiger partial charge in [0.25, 0.3) is 0 Å². The zero-order valence-electron chi connectivity index (χ0n) is 14.9. The molecule has 0 unspecified atom stereocenters. The quantitative estimate of drug-likeness (QED) is 0.564. The maximum absolute atomic E-state index is 6.59. The highest BCUT2D eigenvalue weighted by molar-refractivity contribution is 8.00. The largest absolute Gasteiger partial charge is 0.376 e. The van der Waals surface area contributed by atoms with Gasteiger partial charge in [-0.1, -0.05) is 52.9 Å². The maximum Gasteiger partial charge on any atom is 0.206 e. The van der Waals surface area contributed by atoms with E-state index in [2.05, 4.69) is 20.6 Å². The van der Waals surface area contributed by atoms with Crippen molar-refractivity contribution >= 4 is 39.8 Å². The number of hydrogen-bond acceptors (Lipinski definition) is 7. The molecule has 142 valence electrons. The number of hydrogen-bond donors (Lipinski definition) is 1. The molecule has 27 heavy (non-hydrogen) atoms. The maximum atomic E-state index is 6.59. The summed E-state index contributed by atoms with van der Waals surface area (Å²) >= 11 is 9.77. The Hall–Kier alpha value is -1.61. The number of thioether (sulfide) groups is 1. The van der Waals surface area contributed by atoms with Crippen molar-refractivity contribution in [3.8, 4) is 5.69 Å². The molecule has 2 aromatic heterocycles. The van der Waals surface area contributed by atoms with Gasteiger partial charge in [-0.25, -0.2) is 4.68 Å². The van der Waals surface area contributed by atoms with Gasteiger partial charge in [0.1, 0.15) is 5.15 Å². The van der Waals surface area contributed by atoms with Crippen LogP contribution in [0.4, 0.5) is 5.13 Å². The lowest BCUT2D eigenvalue weighted by atomic mass is 10.2. The van der Waals surface area contributed by atoms with E-state index in [-0.39, 0.29) is 6.10 Å². The van der Waals surface area contributed by atoms with E-state index in [1.165, 1.54) is 0 Å². The Labute approximate surface area is 171 Å². The lowest BCUT2D eigenvalue weighted by Gasteiger charge is -2.08. The van der Waals surface area contributed by atoms with Crippen LogP contribution in [0.2, 0.25) is 5.15 Å². The van der Waals surface area contributed by atoms with Crippen LogP contribution in [0.15, 0.2) is 34.7 Å². The smallest absolute Gasteiger partial charge is 0.206 e. The molecular formula is C18H20ClN5OS2. The molecule has 0 radical (unpaired) electrons. The van der Waals surface area contributed by atoms with Crippen LogP contribution in [0.5, 0.6) is 0 Å². The molecule has 3 aromatic rings. The molecule has 3 heterocycles. The van der Waals surface area contributed by atoms with E-state index in [0.29, 0.717) is 10.9 Å². The molecule has 1 aliphatic heterocycles. The fraction of sp³-hybridized carbons (Fsp3) is 0.389. The van der Waals surface area contributed by atoms with Crippen LogP contribution < -0.4 is 5.32 Å². The summed E-state index contributed by atoms with van der Waals surface area (Å²) < 4.78 is 8.31. The summed E-state index contributed by atoms with van der Waals surface area (Å²) in [5.74, 6) is 0.706. The fourth-order valence-corrected chi connectivity index (χ4v) is 5.18. The van der Waals surface area contributed by atoms with Gasteiger partial charge >= 0.3 is 0 Å². The van der Waals surface area contributed by atoms with Gasteiger partial charge in [-0.15, -0.1) is 10.2 Å². The van der Waals surface area contributed by atoms with Crippen LogP contribution in [-0.2, 0) is 10.5 Å². The third-order valence-corrected chi connectivity index (χ3v) is 6.80. The molecule has 0 spiro atoms. The van der Waals surface area contributed by atoms with Crippen LogP contribution in [0.3, 0.4) is 0 Å². The van der Waals surface area contributed by atoms with Crippen molar-refractivity contribution in [2.24, 2.45) is 0 Å². The standard InChI is InChI=1S/C18H20ClN5OS2/c1-12-15(16(19)24(23-12)13-6-3-2-4-7-13)11-26-18-22-21-17(27-18)20-10-14-8-5-9-25-14/h2-4,6-7,14H,5,8-11H2,1H3,(H,20,21)/t14-/m0/s1. The first-order chi connectivity index (χ1) is 13.2. The fourth-order valence-electron chi connectivity index (χ4n) is 2.92. The average Bonchev–Trinajstić information content (AvgIpc) is 3.41. The molecule has 0 amide bonds. The molecule has 9 heteroatoms. The molecular weight excluding hydrogens is 402 g/mol. The van der Waals surface area contributed by atoms with Gasteiger partial charge in [0.05, 0.1) is 17.5 Å². The first kappa shape index (κ1) is 18.7. The average molecular weight is 422 g/mol. The minimum Gasteiger partial charge on any atom is -0.376 e. The third kappa shape index (κ3) is 4.45. The number of nitrogens with zero attached hydrogens (tertiary/aromatic N) is 4. The lowest BCUT2D eigenvalue weighted by Crippen LogP contribution is -2.18. The summed E-state index contributed by atoms with van der Waals surface area (Å²) in [5.41, 5.74) is 2.91. The van der Waals surface area contributed by atoms with Crippen molar-refractivity contribution in [1.29, 1.82) is 0 Å². The van der Waals surface area contributed by atoms with Crippen molar-refractivity contribution in [3.63, 3.8) is 0 Å². The van der Waals surface area contributed by atoms with Gasteiger partial charge in [0.15, 0.2) is 4.34 Å². The minimum atomic E-state index is 0.287. The summed E-state index contributed by atoms with van der Waals surface area (Å²) in [6.07, 6.45) is 2.53. The summed E-state index contributed by atoms with van der Waals surface area (Å²) in [4.78, 5) is 0. The van der Waals surface area contributed by atoms with Crippen LogP contribution in [0, 0.1) is 6.92 Å². The zero-order chi connectivity index (χ0) is 18.6. The number of benzene rings is 1. The van der Waals surface area contributed by atoms with Gasteiger partial charge in [-0.3, -0.25) is 0 Å². The Bertz CT molecular complexity index is 893. The van der Waals surface area contributed by atoms with Crippen LogP contribution in [0.25, 0.3) is 5.69 Å². The second-order valence-corrected chi connectivity index (χ2v) is 8.84. The number of ether oxygens (including phenoxy) is 1. The van der Waals surface area contributed by atoms with Crippen LogP contribution in [0.1, 0.15) is 24.1 Å². The molecule has 1 saturated heterocycles. The van der Waals surface area contributed by atoms with E-state index >= 15 is 0 Å². The Morgan fingerprint density at radius 1 is 1.33 bits per heavy atom. The van der Waals surface area contributed by atoms with E-state index < -0.39 is 0 Å². The number of halogens is 1. The number of para-hydroxylation sites is 1. The topological polar surface area (TPSA) is 64.9 Å². The number of anilines is 1. The predicted molar refractivity (Wildman–Crippen MR) is 110 cm³/mol. The van der Waals surface area contributed by atoms with Gasteiger partial charge < -0.3 is 10.1 Å².